The lowest BCUT2D eigenvalue weighted by Gasteiger charge is -2.28. The molecule has 1 aliphatic heterocycles. The Morgan fingerprint density at radius 3 is 2.68 bits per heavy atom. The molecule has 6 nitrogen and oxygen atoms in total. The molecule has 0 atom stereocenters. The molecule has 5 rings (SSSR count). The van der Waals surface area contributed by atoms with Crippen LogP contribution in [0.1, 0.15) is 11.1 Å². The molecule has 31 heavy (non-hydrogen) atoms. The summed E-state index contributed by atoms with van der Waals surface area (Å²) in [7, 11) is 0. The zero-order valence-electron chi connectivity index (χ0n) is 17.3. The van der Waals surface area contributed by atoms with Gasteiger partial charge in [-0.3, -0.25) is 4.79 Å². The molecule has 7 heteroatoms. The SMILES string of the molecule is Cc1ccc(-c2csc3ncnc(NCc4ccc(N5CCNC(=O)C5)cc4)c23)cc1. The van der Waals surface area contributed by atoms with Gasteiger partial charge in [0.1, 0.15) is 17.0 Å². The number of nitrogens with zero attached hydrogens (tertiary/aromatic N) is 3. The minimum Gasteiger partial charge on any atom is -0.365 e. The molecule has 3 heterocycles. The van der Waals surface area contributed by atoms with E-state index in [9.17, 15) is 4.79 Å². The molecule has 2 aromatic carbocycles. The van der Waals surface area contributed by atoms with Crippen LogP contribution in [0.25, 0.3) is 21.3 Å². The molecule has 0 bridgehead atoms. The molecule has 0 unspecified atom stereocenters. The predicted molar refractivity (Wildman–Crippen MR) is 127 cm³/mol. The molecular formula is C24H23N5OS. The van der Waals surface area contributed by atoms with Gasteiger partial charge in [-0.1, -0.05) is 42.0 Å². The van der Waals surface area contributed by atoms with Gasteiger partial charge >= 0.3 is 0 Å². The minimum absolute atomic E-state index is 0.0740. The summed E-state index contributed by atoms with van der Waals surface area (Å²) in [5.41, 5.74) is 5.80. The highest BCUT2D eigenvalue weighted by atomic mass is 32.1. The van der Waals surface area contributed by atoms with Crippen LogP contribution in [0, 0.1) is 6.92 Å². The monoisotopic (exact) mass is 429 g/mol. The number of nitrogens with one attached hydrogen (secondary N) is 2. The summed E-state index contributed by atoms with van der Waals surface area (Å²) in [5, 5.41) is 9.57. The molecule has 0 saturated carbocycles. The van der Waals surface area contributed by atoms with E-state index in [1.165, 1.54) is 11.1 Å². The Bertz CT molecular complexity index is 1220. The van der Waals surface area contributed by atoms with E-state index < -0.39 is 0 Å². The molecular weight excluding hydrogens is 406 g/mol. The third kappa shape index (κ3) is 4.09. The topological polar surface area (TPSA) is 70.2 Å². The number of aromatic nitrogens is 2. The van der Waals surface area contributed by atoms with Gasteiger partial charge in [-0.25, -0.2) is 9.97 Å². The lowest BCUT2D eigenvalue weighted by Crippen LogP contribution is -2.47. The number of benzene rings is 2. The molecule has 1 fully saturated rings. The summed E-state index contributed by atoms with van der Waals surface area (Å²) in [6.07, 6.45) is 1.62. The van der Waals surface area contributed by atoms with Crippen LogP contribution in [0.2, 0.25) is 0 Å². The summed E-state index contributed by atoms with van der Waals surface area (Å²) < 4.78 is 0. The number of piperazine rings is 1. The van der Waals surface area contributed by atoms with Crippen molar-refractivity contribution in [2.45, 2.75) is 13.5 Å². The van der Waals surface area contributed by atoms with Gasteiger partial charge in [-0.15, -0.1) is 11.3 Å². The fraction of sp³-hybridized carbons (Fsp3) is 0.208. The molecule has 2 N–H and O–H groups in total. The van der Waals surface area contributed by atoms with Crippen molar-refractivity contribution < 1.29 is 4.79 Å². The maximum atomic E-state index is 11.6. The van der Waals surface area contributed by atoms with Gasteiger partial charge in [0.2, 0.25) is 5.91 Å². The van der Waals surface area contributed by atoms with Crippen LogP contribution in [-0.4, -0.2) is 35.5 Å². The number of carbonyl (C=O) groups is 1. The predicted octanol–water partition coefficient (Wildman–Crippen LogP) is 4.22. The Morgan fingerprint density at radius 2 is 1.90 bits per heavy atom. The van der Waals surface area contributed by atoms with Gasteiger partial charge in [0.25, 0.3) is 0 Å². The number of hydrogen-bond acceptors (Lipinski definition) is 6. The van der Waals surface area contributed by atoms with E-state index in [-0.39, 0.29) is 5.91 Å². The van der Waals surface area contributed by atoms with Crippen molar-refractivity contribution in [3.63, 3.8) is 0 Å². The highest BCUT2D eigenvalue weighted by Gasteiger charge is 2.16. The second-order valence-electron chi connectivity index (χ2n) is 7.71. The Balaban J connectivity index is 1.35. The first-order valence-corrected chi connectivity index (χ1v) is 11.2. The van der Waals surface area contributed by atoms with Crippen molar-refractivity contribution in [3.05, 3.63) is 71.4 Å². The maximum absolute atomic E-state index is 11.6. The summed E-state index contributed by atoms with van der Waals surface area (Å²) >= 11 is 1.64. The standard InChI is InChI=1S/C24H23N5OS/c1-16-2-6-18(7-3-16)20-14-31-24-22(20)23(27-15-28-24)26-12-17-4-8-19(9-5-17)29-11-10-25-21(30)13-29/h2-9,14-15H,10-13H2,1H3,(H,25,30)(H,26,27,28). The number of carbonyl (C=O) groups excluding carboxylic acids is 1. The van der Waals surface area contributed by atoms with Gasteiger partial charge in [0.15, 0.2) is 0 Å². The Kier molecular flexibility index (Phi) is 5.26. The molecule has 1 amide bonds. The van der Waals surface area contributed by atoms with Crippen molar-refractivity contribution >= 4 is 39.0 Å². The van der Waals surface area contributed by atoms with Crippen LogP contribution in [0.15, 0.2) is 60.2 Å². The number of hydrogen-bond donors (Lipinski definition) is 2. The van der Waals surface area contributed by atoms with E-state index in [0.717, 1.165) is 39.4 Å². The highest BCUT2D eigenvalue weighted by molar-refractivity contribution is 7.17. The first kappa shape index (κ1) is 19.5. The zero-order valence-corrected chi connectivity index (χ0v) is 18.1. The molecule has 1 saturated heterocycles. The summed E-state index contributed by atoms with van der Waals surface area (Å²) in [4.78, 5) is 23.7. The van der Waals surface area contributed by atoms with Crippen molar-refractivity contribution in [2.24, 2.45) is 0 Å². The van der Waals surface area contributed by atoms with E-state index in [1.807, 2.05) is 0 Å². The smallest absolute Gasteiger partial charge is 0.239 e. The second-order valence-corrected chi connectivity index (χ2v) is 8.57. The van der Waals surface area contributed by atoms with Crippen molar-refractivity contribution in [1.29, 1.82) is 0 Å². The van der Waals surface area contributed by atoms with Crippen LogP contribution in [0.4, 0.5) is 11.5 Å². The molecule has 0 aliphatic carbocycles. The summed E-state index contributed by atoms with van der Waals surface area (Å²) in [5.74, 6) is 0.920. The second kappa shape index (κ2) is 8.35. The van der Waals surface area contributed by atoms with E-state index in [0.29, 0.717) is 19.6 Å². The minimum atomic E-state index is 0.0740. The number of rotatable bonds is 5. The Morgan fingerprint density at radius 1 is 1.10 bits per heavy atom. The number of amides is 1. The van der Waals surface area contributed by atoms with Crippen LogP contribution in [0.3, 0.4) is 0 Å². The third-order valence-corrected chi connectivity index (χ3v) is 6.42. The molecule has 156 valence electrons. The summed E-state index contributed by atoms with van der Waals surface area (Å²) in [6, 6.07) is 16.9. The number of thiophene rings is 1. The van der Waals surface area contributed by atoms with Crippen molar-refractivity contribution in [2.75, 3.05) is 29.9 Å². The first-order valence-electron chi connectivity index (χ1n) is 10.3. The third-order valence-electron chi connectivity index (χ3n) is 5.53. The molecule has 0 radical (unpaired) electrons. The fourth-order valence-electron chi connectivity index (χ4n) is 3.82. The van der Waals surface area contributed by atoms with Crippen LogP contribution in [0.5, 0.6) is 0 Å². The molecule has 2 aromatic heterocycles. The van der Waals surface area contributed by atoms with Crippen molar-refractivity contribution in [1.82, 2.24) is 15.3 Å². The lowest BCUT2D eigenvalue weighted by atomic mass is 10.0. The normalized spacial score (nSPS) is 14.0. The van der Waals surface area contributed by atoms with E-state index in [1.54, 1.807) is 17.7 Å². The molecule has 1 aliphatic rings. The number of aryl methyl sites for hydroxylation is 1. The Labute approximate surface area is 185 Å². The largest absolute Gasteiger partial charge is 0.365 e. The zero-order chi connectivity index (χ0) is 21.2. The van der Waals surface area contributed by atoms with Gasteiger partial charge in [-0.2, -0.15) is 0 Å². The molecule has 0 spiro atoms. The average molecular weight is 430 g/mol. The molecule has 4 aromatic rings. The van der Waals surface area contributed by atoms with Crippen LogP contribution in [-0.2, 0) is 11.3 Å². The number of anilines is 2. The summed E-state index contributed by atoms with van der Waals surface area (Å²) in [6.45, 7) is 4.70. The van der Waals surface area contributed by atoms with Crippen molar-refractivity contribution in [3.8, 4) is 11.1 Å². The quantitative estimate of drug-likeness (QED) is 0.497. The first-order chi connectivity index (χ1) is 15.2. The number of fused-ring (bicyclic) bond motifs is 1. The maximum Gasteiger partial charge on any atom is 0.239 e. The van der Waals surface area contributed by atoms with Crippen LogP contribution >= 0.6 is 11.3 Å². The van der Waals surface area contributed by atoms with E-state index in [2.05, 4.69) is 86.3 Å². The lowest BCUT2D eigenvalue weighted by molar-refractivity contribution is -0.120. The Hall–Kier alpha value is -3.45. The highest BCUT2D eigenvalue weighted by Crippen LogP contribution is 2.36. The van der Waals surface area contributed by atoms with E-state index in [4.69, 9.17) is 0 Å². The van der Waals surface area contributed by atoms with Gasteiger partial charge < -0.3 is 15.5 Å². The van der Waals surface area contributed by atoms with Gasteiger partial charge in [0.05, 0.1) is 11.9 Å². The van der Waals surface area contributed by atoms with E-state index >= 15 is 0 Å². The average Bonchev–Trinajstić information content (AvgIpc) is 3.23. The fourth-order valence-corrected chi connectivity index (χ4v) is 4.74. The van der Waals surface area contributed by atoms with Gasteiger partial charge in [-0.05, 0) is 30.2 Å². The van der Waals surface area contributed by atoms with Crippen LogP contribution < -0.4 is 15.5 Å². The van der Waals surface area contributed by atoms with Gasteiger partial charge in [0, 0.05) is 36.3 Å².